The molecule has 0 saturated heterocycles. The summed E-state index contributed by atoms with van der Waals surface area (Å²) in [5, 5.41) is 0. The molecular formula is C18H22N2O. The molecule has 0 saturated carbocycles. The van der Waals surface area contributed by atoms with E-state index in [2.05, 4.69) is 6.92 Å². The van der Waals surface area contributed by atoms with Crippen LogP contribution in [0.1, 0.15) is 34.8 Å². The number of amides is 1. The topological polar surface area (TPSA) is 46.3 Å². The van der Waals surface area contributed by atoms with Gasteiger partial charge in [-0.3, -0.25) is 4.79 Å². The van der Waals surface area contributed by atoms with E-state index in [1.807, 2.05) is 60.4 Å². The van der Waals surface area contributed by atoms with Crippen LogP contribution < -0.4 is 5.73 Å². The monoisotopic (exact) mass is 282 g/mol. The summed E-state index contributed by atoms with van der Waals surface area (Å²) in [6.07, 6.45) is 0.921. The average molecular weight is 282 g/mol. The van der Waals surface area contributed by atoms with Gasteiger partial charge in [0.2, 0.25) is 0 Å². The molecule has 1 amide bonds. The van der Waals surface area contributed by atoms with Crippen molar-refractivity contribution in [2.75, 3.05) is 12.3 Å². The van der Waals surface area contributed by atoms with E-state index in [0.717, 1.165) is 35.3 Å². The minimum Gasteiger partial charge on any atom is -0.398 e. The number of carbonyl (C=O) groups is 1. The van der Waals surface area contributed by atoms with E-state index in [1.165, 1.54) is 0 Å². The van der Waals surface area contributed by atoms with Crippen LogP contribution in [0.4, 0.5) is 5.69 Å². The number of hydrogen-bond acceptors (Lipinski definition) is 2. The maximum atomic E-state index is 12.7. The average Bonchev–Trinajstić information content (AvgIpc) is 2.48. The number of aryl methyl sites for hydroxylation is 1. The van der Waals surface area contributed by atoms with E-state index in [9.17, 15) is 4.79 Å². The van der Waals surface area contributed by atoms with Gasteiger partial charge in [-0.15, -0.1) is 0 Å². The summed E-state index contributed by atoms with van der Waals surface area (Å²) < 4.78 is 0. The predicted octanol–water partition coefficient (Wildman–Crippen LogP) is 3.63. The molecule has 0 aliphatic carbocycles. The predicted molar refractivity (Wildman–Crippen MR) is 87.1 cm³/mol. The molecule has 0 fully saturated rings. The van der Waals surface area contributed by atoms with E-state index in [4.69, 9.17) is 5.73 Å². The van der Waals surface area contributed by atoms with Gasteiger partial charge in [-0.05, 0) is 37.1 Å². The Balaban J connectivity index is 2.22. The Hall–Kier alpha value is -2.29. The molecule has 2 aromatic carbocycles. The summed E-state index contributed by atoms with van der Waals surface area (Å²) in [5.74, 6) is 0.0591. The lowest BCUT2D eigenvalue weighted by molar-refractivity contribution is 0.0743. The van der Waals surface area contributed by atoms with Gasteiger partial charge >= 0.3 is 0 Å². The van der Waals surface area contributed by atoms with Crippen molar-refractivity contribution in [1.82, 2.24) is 4.90 Å². The minimum absolute atomic E-state index is 0.0591. The van der Waals surface area contributed by atoms with Gasteiger partial charge < -0.3 is 10.6 Å². The number of nitrogens with zero attached hydrogens (tertiary/aromatic N) is 1. The second-order valence-corrected chi connectivity index (χ2v) is 5.30. The molecule has 2 aromatic rings. The van der Waals surface area contributed by atoms with Crippen molar-refractivity contribution in [2.45, 2.75) is 26.8 Å². The summed E-state index contributed by atoms with van der Waals surface area (Å²) in [6.45, 7) is 5.34. The third-order valence-electron chi connectivity index (χ3n) is 3.46. The highest BCUT2D eigenvalue weighted by Gasteiger charge is 2.16. The molecule has 3 heteroatoms. The molecule has 2 N–H and O–H groups in total. The first-order valence-electron chi connectivity index (χ1n) is 7.31. The van der Waals surface area contributed by atoms with Gasteiger partial charge in [0.1, 0.15) is 0 Å². The van der Waals surface area contributed by atoms with Crippen LogP contribution in [0.2, 0.25) is 0 Å². The molecule has 0 bridgehead atoms. The Morgan fingerprint density at radius 2 is 1.90 bits per heavy atom. The number of carbonyl (C=O) groups excluding carboxylic acids is 1. The number of hydrogen-bond donors (Lipinski definition) is 1. The Labute approximate surface area is 126 Å². The maximum absolute atomic E-state index is 12.7. The molecular weight excluding hydrogens is 260 g/mol. The lowest BCUT2D eigenvalue weighted by Crippen LogP contribution is -2.31. The lowest BCUT2D eigenvalue weighted by Gasteiger charge is -2.23. The SMILES string of the molecule is CCCN(Cc1ccccc1N)C(=O)c1cccc(C)c1. The van der Waals surface area contributed by atoms with Crippen molar-refractivity contribution in [3.05, 3.63) is 65.2 Å². The molecule has 0 aromatic heterocycles. The van der Waals surface area contributed by atoms with Gasteiger partial charge in [-0.2, -0.15) is 0 Å². The first kappa shape index (κ1) is 15.1. The van der Waals surface area contributed by atoms with E-state index in [0.29, 0.717) is 6.54 Å². The molecule has 0 heterocycles. The van der Waals surface area contributed by atoms with Crippen LogP contribution in [0, 0.1) is 6.92 Å². The largest absolute Gasteiger partial charge is 0.398 e. The van der Waals surface area contributed by atoms with E-state index in [-0.39, 0.29) is 5.91 Å². The van der Waals surface area contributed by atoms with Crippen molar-refractivity contribution in [1.29, 1.82) is 0 Å². The van der Waals surface area contributed by atoms with E-state index < -0.39 is 0 Å². The second kappa shape index (κ2) is 6.93. The maximum Gasteiger partial charge on any atom is 0.254 e. The Bertz CT molecular complexity index is 622. The summed E-state index contributed by atoms with van der Waals surface area (Å²) in [7, 11) is 0. The minimum atomic E-state index is 0.0591. The number of benzene rings is 2. The summed E-state index contributed by atoms with van der Waals surface area (Å²) in [5.41, 5.74) is 9.54. The molecule has 3 nitrogen and oxygen atoms in total. The molecule has 0 atom stereocenters. The van der Waals surface area contributed by atoms with Gasteiger partial charge in [-0.1, -0.05) is 42.8 Å². The van der Waals surface area contributed by atoms with Crippen LogP contribution >= 0.6 is 0 Å². The summed E-state index contributed by atoms with van der Waals surface area (Å²) in [6, 6.07) is 15.4. The fourth-order valence-corrected chi connectivity index (χ4v) is 2.37. The van der Waals surface area contributed by atoms with Crippen LogP contribution in [0.3, 0.4) is 0 Å². The van der Waals surface area contributed by atoms with E-state index >= 15 is 0 Å². The first-order valence-corrected chi connectivity index (χ1v) is 7.31. The molecule has 0 aliphatic heterocycles. The van der Waals surface area contributed by atoms with Crippen LogP contribution in [-0.4, -0.2) is 17.4 Å². The van der Waals surface area contributed by atoms with Gasteiger partial charge in [0.15, 0.2) is 0 Å². The zero-order valence-electron chi connectivity index (χ0n) is 12.7. The lowest BCUT2D eigenvalue weighted by atomic mass is 10.1. The number of para-hydroxylation sites is 1. The van der Waals surface area contributed by atoms with Crippen molar-refractivity contribution >= 4 is 11.6 Å². The highest BCUT2D eigenvalue weighted by atomic mass is 16.2. The highest BCUT2D eigenvalue weighted by molar-refractivity contribution is 5.94. The molecule has 0 radical (unpaired) electrons. The summed E-state index contributed by atoms with van der Waals surface area (Å²) >= 11 is 0. The fourth-order valence-electron chi connectivity index (χ4n) is 2.37. The highest BCUT2D eigenvalue weighted by Crippen LogP contribution is 2.16. The zero-order valence-corrected chi connectivity index (χ0v) is 12.7. The molecule has 2 rings (SSSR count). The third kappa shape index (κ3) is 3.85. The van der Waals surface area contributed by atoms with Crippen molar-refractivity contribution in [3.63, 3.8) is 0 Å². The van der Waals surface area contributed by atoms with Crippen LogP contribution in [0.25, 0.3) is 0 Å². The first-order chi connectivity index (χ1) is 10.1. The van der Waals surface area contributed by atoms with Gasteiger partial charge in [-0.25, -0.2) is 0 Å². The molecule has 0 spiro atoms. The zero-order chi connectivity index (χ0) is 15.2. The fraction of sp³-hybridized carbons (Fsp3) is 0.278. The Morgan fingerprint density at radius 3 is 2.57 bits per heavy atom. The smallest absolute Gasteiger partial charge is 0.254 e. The quantitative estimate of drug-likeness (QED) is 0.851. The van der Waals surface area contributed by atoms with Crippen LogP contribution in [-0.2, 0) is 6.54 Å². The van der Waals surface area contributed by atoms with Crippen molar-refractivity contribution < 1.29 is 4.79 Å². The number of rotatable bonds is 5. The molecule has 110 valence electrons. The Kier molecular flexibility index (Phi) is 4.99. The number of nitrogens with two attached hydrogens (primary N) is 1. The van der Waals surface area contributed by atoms with Crippen molar-refractivity contribution in [2.24, 2.45) is 0 Å². The third-order valence-corrected chi connectivity index (χ3v) is 3.46. The van der Waals surface area contributed by atoms with Crippen LogP contribution in [0.5, 0.6) is 0 Å². The molecule has 21 heavy (non-hydrogen) atoms. The normalized spacial score (nSPS) is 10.4. The van der Waals surface area contributed by atoms with Gasteiger partial charge in [0.05, 0.1) is 0 Å². The standard InChI is InChI=1S/C18H22N2O/c1-3-11-20(13-16-8-4-5-10-17(16)19)18(21)15-9-6-7-14(2)12-15/h4-10,12H,3,11,13,19H2,1-2H3. The number of nitrogen functional groups attached to an aromatic ring is 1. The van der Waals surface area contributed by atoms with Crippen LogP contribution in [0.15, 0.2) is 48.5 Å². The Morgan fingerprint density at radius 1 is 1.14 bits per heavy atom. The molecule has 0 aliphatic rings. The number of anilines is 1. The van der Waals surface area contributed by atoms with Gasteiger partial charge in [0, 0.05) is 24.3 Å². The summed E-state index contributed by atoms with van der Waals surface area (Å²) in [4.78, 5) is 14.5. The van der Waals surface area contributed by atoms with E-state index in [1.54, 1.807) is 0 Å². The second-order valence-electron chi connectivity index (χ2n) is 5.30. The van der Waals surface area contributed by atoms with Gasteiger partial charge in [0.25, 0.3) is 5.91 Å². The van der Waals surface area contributed by atoms with Crippen molar-refractivity contribution in [3.8, 4) is 0 Å². The molecule has 0 unspecified atom stereocenters.